The highest BCUT2D eigenvalue weighted by Gasteiger charge is 2.10. The Morgan fingerprint density at radius 1 is 1.59 bits per heavy atom. The average molecular weight is 236 g/mol. The van der Waals surface area contributed by atoms with Crippen LogP contribution in [0, 0.1) is 17.1 Å². The van der Waals surface area contributed by atoms with Crippen LogP contribution in [0.15, 0.2) is 18.2 Å². The summed E-state index contributed by atoms with van der Waals surface area (Å²) in [7, 11) is 0. The van der Waals surface area contributed by atoms with E-state index < -0.39 is 11.7 Å². The van der Waals surface area contributed by atoms with E-state index in [1.807, 2.05) is 13.8 Å². The second kappa shape index (κ2) is 5.85. The van der Waals surface area contributed by atoms with Crippen LogP contribution >= 0.6 is 0 Å². The summed E-state index contributed by atoms with van der Waals surface area (Å²) in [5.74, 6) is -0.590. The second-order valence-corrected chi connectivity index (χ2v) is 3.69. The number of nitriles is 1. The van der Waals surface area contributed by atoms with Gasteiger partial charge in [0.1, 0.15) is 18.0 Å². The first-order valence-electron chi connectivity index (χ1n) is 5.16. The predicted octanol–water partition coefficient (Wildman–Crippen LogP) is 2.47. The third-order valence-electron chi connectivity index (χ3n) is 1.82. The molecule has 17 heavy (non-hydrogen) atoms. The normalized spacial score (nSPS) is 9.82. The van der Waals surface area contributed by atoms with E-state index in [2.05, 4.69) is 5.32 Å². The van der Waals surface area contributed by atoms with Crippen LogP contribution in [0.5, 0.6) is 5.75 Å². The molecule has 0 radical (unpaired) electrons. The molecule has 0 saturated carbocycles. The monoisotopic (exact) mass is 236 g/mol. The fraction of sp³-hybridized carbons (Fsp3) is 0.333. The Labute approximate surface area is 99.0 Å². The van der Waals surface area contributed by atoms with Gasteiger partial charge in [-0.1, -0.05) is 0 Å². The summed E-state index contributed by atoms with van der Waals surface area (Å²) < 4.78 is 18.5. The highest BCUT2D eigenvalue weighted by Crippen LogP contribution is 2.26. The lowest BCUT2D eigenvalue weighted by Crippen LogP contribution is -2.13. The van der Waals surface area contributed by atoms with Gasteiger partial charge in [-0.2, -0.15) is 5.26 Å². The molecule has 0 spiro atoms. The molecule has 1 N–H and O–H groups in total. The summed E-state index contributed by atoms with van der Waals surface area (Å²) in [6, 6.07) is 5.57. The Morgan fingerprint density at radius 3 is 2.88 bits per heavy atom. The molecule has 0 unspecified atom stereocenters. The van der Waals surface area contributed by atoms with Crippen LogP contribution in [0.1, 0.15) is 20.3 Å². The number of rotatable bonds is 4. The molecule has 1 amide bonds. The molecule has 0 bridgehead atoms. The number of benzene rings is 1. The SMILES string of the molecule is CC(C)Oc1ccc(F)cc1NC(=O)CC#N. The van der Waals surface area contributed by atoms with Crippen LogP contribution in [0.4, 0.5) is 10.1 Å². The maximum atomic E-state index is 13.0. The predicted molar refractivity (Wildman–Crippen MR) is 61.0 cm³/mol. The lowest BCUT2D eigenvalue weighted by Gasteiger charge is -2.14. The quantitative estimate of drug-likeness (QED) is 0.873. The van der Waals surface area contributed by atoms with Crippen LogP contribution in [-0.4, -0.2) is 12.0 Å². The first-order valence-corrected chi connectivity index (χ1v) is 5.16. The number of hydrogen-bond acceptors (Lipinski definition) is 3. The molecule has 0 fully saturated rings. The summed E-state index contributed by atoms with van der Waals surface area (Å²) in [6.45, 7) is 3.65. The molecule has 5 heteroatoms. The molecule has 0 aromatic heterocycles. The molecular formula is C12H13FN2O2. The topological polar surface area (TPSA) is 62.1 Å². The van der Waals surface area contributed by atoms with Gasteiger partial charge in [-0.3, -0.25) is 4.79 Å². The van der Waals surface area contributed by atoms with Crippen molar-refractivity contribution in [3.05, 3.63) is 24.0 Å². The summed E-state index contributed by atoms with van der Waals surface area (Å²) >= 11 is 0. The number of amides is 1. The van der Waals surface area contributed by atoms with E-state index in [0.717, 1.165) is 6.07 Å². The summed E-state index contributed by atoms with van der Waals surface area (Å²) in [5.41, 5.74) is 0.235. The van der Waals surface area contributed by atoms with Gasteiger partial charge < -0.3 is 10.1 Å². The van der Waals surface area contributed by atoms with E-state index in [1.54, 1.807) is 6.07 Å². The number of hydrogen-bond donors (Lipinski definition) is 1. The molecule has 1 aromatic carbocycles. The molecule has 0 heterocycles. The molecule has 90 valence electrons. The van der Waals surface area contributed by atoms with Crippen molar-refractivity contribution in [2.45, 2.75) is 26.4 Å². The maximum absolute atomic E-state index is 13.0. The van der Waals surface area contributed by atoms with Crippen molar-refractivity contribution in [2.24, 2.45) is 0 Å². The minimum absolute atomic E-state index is 0.0907. The van der Waals surface area contributed by atoms with Gasteiger partial charge in [0, 0.05) is 6.07 Å². The summed E-state index contributed by atoms with van der Waals surface area (Å²) in [4.78, 5) is 11.3. The Kier molecular flexibility index (Phi) is 4.46. The molecule has 4 nitrogen and oxygen atoms in total. The molecule has 0 atom stereocenters. The Morgan fingerprint density at radius 2 is 2.29 bits per heavy atom. The molecule has 0 aliphatic carbocycles. The first kappa shape index (κ1) is 13.0. The number of carbonyl (C=O) groups is 1. The van der Waals surface area contributed by atoms with Crippen LogP contribution in [0.2, 0.25) is 0 Å². The lowest BCUT2D eigenvalue weighted by molar-refractivity contribution is -0.115. The fourth-order valence-electron chi connectivity index (χ4n) is 1.22. The molecule has 1 aromatic rings. The zero-order chi connectivity index (χ0) is 12.8. The van der Waals surface area contributed by atoms with E-state index in [4.69, 9.17) is 10.00 Å². The minimum Gasteiger partial charge on any atom is -0.489 e. The van der Waals surface area contributed by atoms with Gasteiger partial charge in [-0.25, -0.2) is 4.39 Å². The van der Waals surface area contributed by atoms with E-state index in [-0.39, 0.29) is 18.2 Å². The van der Waals surface area contributed by atoms with Crippen LogP contribution < -0.4 is 10.1 Å². The van der Waals surface area contributed by atoms with Crippen LogP contribution in [0.25, 0.3) is 0 Å². The molecule has 0 aliphatic rings. The average Bonchev–Trinajstić information content (AvgIpc) is 2.22. The second-order valence-electron chi connectivity index (χ2n) is 3.69. The van der Waals surface area contributed by atoms with Crippen molar-refractivity contribution < 1.29 is 13.9 Å². The van der Waals surface area contributed by atoms with Crippen molar-refractivity contribution in [3.8, 4) is 11.8 Å². The summed E-state index contributed by atoms with van der Waals surface area (Å²) in [6.07, 6.45) is -0.371. The number of nitrogens with zero attached hydrogens (tertiary/aromatic N) is 1. The van der Waals surface area contributed by atoms with Crippen molar-refractivity contribution in [1.29, 1.82) is 5.26 Å². The fourth-order valence-corrected chi connectivity index (χ4v) is 1.22. The molecule has 0 aliphatic heterocycles. The first-order chi connectivity index (χ1) is 8.02. The van der Waals surface area contributed by atoms with Crippen molar-refractivity contribution in [3.63, 3.8) is 0 Å². The summed E-state index contributed by atoms with van der Waals surface area (Å²) in [5, 5.41) is 10.8. The Balaban J connectivity index is 2.91. The van der Waals surface area contributed by atoms with Crippen LogP contribution in [0.3, 0.4) is 0 Å². The number of ether oxygens (including phenoxy) is 1. The Bertz CT molecular complexity index is 452. The maximum Gasteiger partial charge on any atom is 0.238 e. The molecule has 1 rings (SSSR count). The van der Waals surface area contributed by atoms with E-state index >= 15 is 0 Å². The van der Waals surface area contributed by atoms with Crippen molar-refractivity contribution in [1.82, 2.24) is 0 Å². The van der Waals surface area contributed by atoms with Gasteiger partial charge in [0.2, 0.25) is 5.91 Å². The van der Waals surface area contributed by atoms with E-state index in [1.165, 1.54) is 12.1 Å². The number of anilines is 1. The number of carbonyl (C=O) groups excluding carboxylic acids is 1. The minimum atomic E-state index is -0.494. The van der Waals surface area contributed by atoms with Gasteiger partial charge in [-0.05, 0) is 26.0 Å². The lowest BCUT2D eigenvalue weighted by atomic mass is 10.2. The number of nitrogens with one attached hydrogen (secondary N) is 1. The third-order valence-corrected chi connectivity index (χ3v) is 1.82. The third kappa shape index (κ3) is 4.11. The zero-order valence-corrected chi connectivity index (χ0v) is 9.66. The van der Waals surface area contributed by atoms with Crippen LogP contribution in [-0.2, 0) is 4.79 Å². The largest absolute Gasteiger partial charge is 0.489 e. The van der Waals surface area contributed by atoms with Gasteiger partial charge in [0.05, 0.1) is 17.9 Å². The van der Waals surface area contributed by atoms with Crippen molar-refractivity contribution in [2.75, 3.05) is 5.32 Å². The van der Waals surface area contributed by atoms with Crippen molar-refractivity contribution >= 4 is 11.6 Å². The highest BCUT2D eigenvalue weighted by atomic mass is 19.1. The molecule has 0 saturated heterocycles. The van der Waals surface area contributed by atoms with Gasteiger partial charge in [0.25, 0.3) is 0 Å². The standard InChI is InChI=1S/C12H13FN2O2/c1-8(2)17-11-4-3-9(13)7-10(11)15-12(16)5-6-14/h3-4,7-8H,5H2,1-2H3,(H,15,16). The van der Waals surface area contributed by atoms with Gasteiger partial charge >= 0.3 is 0 Å². The Hall–Kier alpha value is -2.09. The van der Waals surface area contributed by atoms with E-state index in [0.29, 0.717) is 5.75 Å². The van der Waals surface area contributed by atoms with Gasteiger partial charge in [-0.15, -0.1) is 0 Å². The van der Waals surface area contributed by atoms with E-state index in [9.17, 15) is 9.18 Å². The zero-order valence-electron chi connectivity index (χ0n) is 9.66. The molecular weight excluding hydrogens is 223 g/mol. The van der Waals surface area contributed by atoms with Gasteiger partial charge in [0.15, 0.2) is 0 Å². The smallest absolute Gasteiger partial charge is 0.238 e. The number of halogens is 1. The highest BCUT2D eigenvalue weighted by molar-refractivity contribution is 5.93.